The van der Waals surface area contributed by atoms with E-state index in [2.05, 4.69) is 10.2 Å². The molecular formula is C14H22N2O3. The van der Waals surface area contributed by atoms with Gasteiger partial charge in [0.15, 0.2) is 0 Å². The third-order valence-electron chi connectivity index (χ3n) is 3.88. The molecule has 3 unspecified atom stereocenters. The molecule has 2 heterocycles. The van der Waals surface area contributed by atoms with Gasteiger partial charge in [0.25, 0.3) is 0 Å². The summed E-state index contributed by atoms with van der Waals surface area (Å²) in [5, 5.41) is 12.4. The predicted molar refractivity (Wildman–Crippen MR) is 71.4 cm³/mol. The number of rotatable bonds is 5. The molecule has 0 bridgehead atoms. The Morgan fingerprint density at radius 3 is 3.00 bits per heavy atom. The number of likely N-dealkylation sites (tertiary alicyclic amines) is 1. The van der Waals surface area contributed by atoms with Crippen molar-refractivity contribution in [2.24, 2.45) is 5.92 Å². The first-order chi connectivity index (χ1) is 9.08. The van der Waals surface area contributed by atoms with E-state index < -0.39 is 0 Å². The molecule has 0 spiro atoms. The predicted octanol–water partition coefficient (Wildman–Crippen LogP) is 0.987. The third kappa shape index (κ3) is 3.58. The van der Waals surface area contributed by atoms with Crippen molar-refractivity contribution in [3.63, 3.8) is 0 Å². The van der Waals surface area contributed by atoms with Crippen LogP contribution in [0.1, 0.15) is 26.0 Å². The molecule has 19 heavy (non-hydrogen) atoms. The highest BCUT2D eigenvalue weighted by Gasteiger charge is 2.31. The van der Waals surface area contributed by atoms with Gasteiger partial charge in [-0.15, -0.1) is 0 Å². The summed E-state index contributed by atoms with van der Waals surface area (Å²) in [6, 6.07) is 3.47. The molecule has 3 atom stereocenters. The second kappa shape index (κ2) is 6.21. The van der Waals surface area contributed by atoms with Crippen molar-refractivity contribution in [3.8, 4) is 0 Å². The average molecular weight is 266 g/mol. The van der Waals surface area contributed by atoms with Crippen molar-refractivity contribution in [1.82, 2.24) is 10.2 Å². The van der Waals surface area contributed by atoms with Gasteiger partial charge < -0.3 is 14.8 Å². The van der Waals surface area contributed by atoms with Gasteiger partial charge in [0.05, 0.1) is 25.0 Å². The number of furan rings is 1. The van der Waals surface area contributed by atoms with Crippen LogP contribution in [-0.2, 0) is 11.3 Å². The number of hydrogen-bond acceptors (Lipinski definition) is 4. The minimum absolute atomic E-state index is 0.00245. The quantitative estimate of drug-likeness (QED) is 0.834. The number of nitrogens with one attached hydrogen (secondary N) is 1. The van der Waals surface area contributed by atoms with Gasteiger partial charge in [0, 0.05) is 6.54 Å². The van der Waals surface area contributed by atoms with Crippen LogP contribution in [0.2, 0.25) is 0 Å². The zero-order valence-corrected chi connectivity index (χ0v) is 11.5. The van der Waals surface area contributed by atoms with Crippen molar-refractivity contribution in [2.45, 2.75) is 39.0 Å². The lowest BCUT2D eigenvalue weighted by Crippen LogP contribution is -2.44. The molecule has 2 N–H and O–H groups in total. The van der Waals surface area contributed by atoms with Gasteiger partial charge in [-0.2, -0.15) is 0 Å². The standard InChI is InChI=1S/C14H22N2O3/c1-10(16-6-5-12(9-16)11(2)17)14(18)15-8-13-4-3-7-19-13/h3-4,7,10-12,17H,5-6,8-9H2,1-2H3,(H,15,18). The van der Waals surface area contributed by atoms with E-state index in [9.17, 15) is 9.90 Å². The van der Waals surface area contributed by atoms with Crippen LogP contribution in [0.5, 0.6) is 0 Å². The first kappa shape index (κ1) is 14.1. The fourth-order valence-corrected chi connectivity index (χ4v) is 2.46. The Bertz CT molecular complexity index is 403. The first-order valence-corrected chi connectivity index (χ1v) is 6.80. The Morgan fingerprint density at radius 2 is 2.42 bits per heavy atom. The van der Waals surface area contributed by atoms with E-state index in [1.807, 2.05) is 19.9 Å². The molecule has 1 fully saturated rings. The maximum atomic E-state index is 12.0. The van der Waals surface area contributed by atoms with Gasteiger partial charge in [-0.3, -0.25) is 9.69 Å². The van der Waals surface area contributed by atoms with Crippen LogP contribution < -0.4 is 5.32 Å². The molecule has 1 aliphatic heterocycles. The fourth-order valence-electron chi connectivity index (χ4n) is 2.46. The fraction of sp³-hybridized carbons (Fsp3) is 0.643. The third-order valence-corrected chi connectivity index (χ3v) is 3.88. The number of carbonyl (C=O) groups is 1. The second-order valence-corrected chi connectivity index (χ2v) is 5.26. The van der Waals surface area contributed by atoms with E-state index >= 15 is 0 Å². The number of carbonyl (C=O) groups excluding carboxylic acids is 1. The molecule has 1 aliphatic rings. The van der Waals surface area contributed by atoms with Crippen LogP contribution >= 0.6 is 0 Å². The van der Waals surface area contributed by atoms with Crippen molar-refractivity contribution in [2.75, 3.05) is 13.1 Å². The summed E-state index contributed by atoms with van der Waals surface area (Å²) < 4.78 is 5.18. The van der Waals surface area contributed by atoms with Crippen molar-refractivity contribution >= 4 is 5.91 Å². The molecule has 0 aromatic carbocycles. The Kier molecular flexibility index (Phi) is 4.61. The van der Waals surface area contributed by atoms with Crippen LogP contribution in [0.3, 0.4) is 0 Å². The topological polar surface area (TPSA) is 65.7 Å². The number of nitrogens with zero attached hydrogens (tertiary/aromatic N) is 1. The molecular weight excluding hydrogens is 244 g/mol. The van der Waals surface area contributed by atoms with Crippen LogP contribution in [0.15, 0.2) is 22.8 Å². The van der Waals surface area contributed by atoms with Crippen LogP contribution in [0.25, 0.3) is 0 Å². The van der Waals surface area contributed by atoms with Gasteiger partial charge in [0.2, 0.25) is 5.91 Å². The van der Waals surface area contributed by atoms with Crippen molar-refractivity contribution in [3.05, 3.63) is 24.2 Å². The lowest BCUT2D eigenvalue weighted by Gasteiger charge is -2.23. The molecule has 1 aromatic rings. The van der Waals surface area contributed by atoms with Gasteiger partial charge in [-0.1, -0.05) is 0 Å². The zero-order chi connectivity index (χ0) is 13.8. The highest BCUT2D eigenvalue weighted by molar-refractivity contribution is 5.81. The van der Waals surface area contributed by atoms with E-state index in [0.29, 0.717) is 6.54 Å². The van der Waals surface area contributed by atoms with E-state index in [-0.39, 0.29) is 24.0 Å². The summed E-state index contributed by atoms with van der Waals surface area (Å²) in [6.45, 7) is 5.79. The Balaban J connectivity index is 1.79. The molecule has 1 aromatic heterocycles. The number of aliphatic hydroxyl groups is 1. The maximum Gasteiger partial charge on any atom is 0.237 e. The monoisotopic (exact) mass is 266 g/mol. The summed E-state index contributed by atoms with van der Waals surface area (Å²) in [5.74, 6) is 1.03. The molecule has 5 nitrogen and oxygen atoms in total. The van der Waals surface area contributed by atoms with Gasteiger partial charge in [0.1, 0.15) is 5.76 Å². The molecule has 0 saturated carbocycles. The molecule has 5 heteroatoms. The van der Waals surface area contributed by atoms with E-state index in [0.717, 1.165) is 25.3 Å². The molecule has 106 valence electrons. The highest BCUT2D eigenvalue weighted by atomic mass is 16.3. The lowest BCUT2D eigenvalue weighted by atomic mass is 10.0. The second-order valence-electron chi connectivity index (χ2n) is 5.26. The summed E-state index contributed by atoms with van der Waals surface area (Å²) in [5.41, 5.74) is 0. The first-order valence-electron chi connectivity index (χ1n) is 6.80. The summed E-state index contributed by atoms with van der Waals surface area (Å²) in [6.07, 6.45) is 2.25. The molecule has 2 rings (SSSR count). The smallest absolute Gasteiger partial charge is 0.237 e. The van der Waals surface area contributed by atoms with Crippen molar-refractivity contribution in [1.29, 1.82) is 0 Å². The summed E-state index contributed by atoms with van der Waals surface area (Å²) in [4.78, 5) is 14.2. The number of amides is 1. The minimum atomic E-state index is -0.302. The van der Waals surface area contributed by atoms with Crippen LogP contribution in [0.4, 0.5) is 0 Å². The largest absolute Gasteiger partial charge is 0.467 e. The number of hydrogen-bond donors (Lipinski definition) is 2. The minimum Gasteiger partial charge on any atom is -0.467 e. The lowest BCUT2D eigenvalue weighted by molar-refractivity contribution is -0.125. The van der Waals surface area contributed by atoms with Crippen LogP contribution in [0, 0.1) is 5.92 Å². The van der Waals surface area contributed by atoms with Gasteiger partial charge in [-0.05, 0) is 44.9 Å². The summed E-state index contributed by atoms with van der Waals surface area (Å²) >= 11 is 0. The maximum absolute atomic E-state index is 12.0. The van der Waals surface area contributed by atoms with Gasteiger partial charge >= 0.3 is 0 Å². The zero-order valence-electron chi connectivity index (χ0n) is 11.5. The highest BCUT2D eigenvalue weighted by Crippen LogP contribution is 2.21. The number of aliphatic hydroxyl groups excluding tert-OH is 1. The summed E-state index contributed by atoms with van der Waals surface area (Å²) in [7, 11) is 0. The van der Waals surface area contributed by atoms with Crippen LogP contribution in [-0.4, -0.2) is 41.1 Å². The Hall–Kier alpha value is -1.33. The SMILES string of the molecule is CC(O)C1CCN(C(C)C(=O)NCc2ccco2)C1. The Morgan fingerprint density at radius 1 is 1.63 bits per heavy atom. The molecule has 0 aliphatic carbocycles. The van der Waals surface area contributed by atoms with E-state index in [1.54, 1.807) is 12.3 Å². The van der Waals surface area contributed by atoms with Gasteiger partial charge in [-0.25, -0.2) is 0 Å². The Labute approximate surface area is 113 Å². The molecule has 1 amide bonds. The normalized spacial score (nSPS) is 23.2. The van der Waals surface area contributed by atoms with Crippen molar-refractivity contribution < 1.29 is 14.3 Å². The molecule has 1 saturated heterocycles. The molecule has 0 radical (unpaired) electrons. The van der Waals surface area contributed by atoms with E-state index in [1.165, 1.54) is 0 Å². The average Bonchev–Trinajstić information content (AvgIpc) is 3.05. The van der Waals surface area contributed by atoms with E-state index in [4.69, 9.17) is 4.42 Å².